The van der Waals surface area contributed by atoms with Gasteiger partial charge in [-0.05, 0) is 56.1 Å². The molecule has 0 saturated heterocycles. The van der Waals surface area contributed by atoms with Gasteiger partial charge in [0.05, 0.1) is 6.10 Å². The molecular weight excluding hydrogens is 282 g/mol. The third kappa shape index (κ3) is 6.40. The van der Waals surface area contributed by atoms with E-state index in [1.165, 1.54) is 32.1 Å². The molecule has 0 aliphatic heterocycles. The highest BCUT2D eigenvalue weighted by Crippen LogP contribution is 2.20. The molecule has 1 aliphatic rings. The zero-order chi connectivity index (χ0) is 14.9. The summed E-state index contributed by atoms with van der Waals surface area (Å²) in [6, 6.07) is 3.93. The largest absolute Gasteiger partial charge is 0.378 e. The van der Waals surface area contributed by atoms with Crippen molar-refractivity contribution < 1.29 is 4.74 Å². The van der Waals surface area contributed by atoms with Crippen LogP contribution in [0.5, 0.6) is 0 Å². The molecule has 1 saturated carbocycles. The highest BCUT2D eigenvalue weighted by molar-refractivity contribution is 7.80. The number of thiocarbonyl (C=S) groups is 1. The number of anilines is 1. The topological polar surface area (TPSA) is 46.2 Å². The Labute approximate surface area is 132 Å². The summed E-state index contributed by atoms with van der Waals surface area (Å²) in [5.41, 5.74) is 1.16. The third-order valence-electron chi connectivity index (χ3n) is 3.67. The molecule has 0 aromatic carbocycles. The minimum absolute atomic E-state index is 0.486. The quantitative estimate of drug-likeness (QED) is 0.623. The minimum Gasteiger partial charge on any atom is -0.378 e. The zero-order valence-corrected chi connectivity index (χ0v) is 13.5. The van der Waals surface area contributed by atoms with Gasteiger partial charge >= 0.3 is 0 Å². The summed E-state index contributed by atoms with van der Waals surface area (Å²) in [4.78, 5) is 4.22. The summed E-state index contributed by atoms with van der Waals surface area (Å²) in [5.74, 6) is 0.783. The number of aryl methyl sites for hydroxylation is 1. The summed E-state index contributed by atoms with van der Waals surface area (Å²) in [7, 11) is 0. The molecular formula is C16H25N3OS. The number of nitrogens with one attached hydrogen (secondary N) is 2. The maximum atomic E-state index is 5.88. The fraction of sp³-hybridized carbons (Fsp3) is 0.625. The van der Waals surface area contributed by atoms with Crippen LogP contribution in [0.1, 0.15) is 44.1 Å². The number of pyridine rings is 1. The normalized spacial score (nSPS) is 15.7. The predicted molar refractivity (Wildman–Crippen MR) is 90.6 cm³/mol. The lowest BCUT2D eigenvalue weighted by Crippen LogP contribution is -2.30. The van der Waals surface area contributed by atoms with Crippen LogP contribution < -0.4 is 10.6 Å². The van der Waals surface area contributed by atoms with Gasteiger partial charge in [-0.3, -0.25) is 0 Å². The number of nitrogens with zero attached hydrogens (tertiary/aromatic N) is 1. The second kappa shape index (κ2) is 8.95. The Morgan fingerprint density at radius 3 is 2.95 bits per heavy atom. The van der Waals surface area contributed by atoms with Crippen LogP contribution in [-0.2, 0) is 4.74 Å². The monoisotopic (exact) mass is 307 g/mol. The lowest BCUT2D eigenvalue weighted by molar-refractivity contribution is 0.0277. The highest BCUT2D eigenvalue weighted by Gasteiger charge is 2.12. The van der Waals surface area contributed by atoms with E-state index in [0.717, 1.165) is 31.0 Å². The van der Waals surface area contributed by atoms with Crippen molar-refractivity contribution in [2.75, 3.05) is 18.5 Å². The van der Waals surface area contributed by atoms with E-state index in [9.17, 15) is 0 Å². The number of hydrogen-bond acceptors (Lipinski definition) is 3. The molecule has 1 aromatic heterocycles. The number of rotatable bonds is 6. The van der Waals surface area contributed by atoms with Crippen molar-refractivity contribution in [3.05, 3.63) is 23.9 Å². The Hall–Kier alpha value is -1.20. The van der Waals surface area contributed by atoms with Crippen LogP contribution in [0.25, 0.3) is 0 Å². The summed E-state index contributed by atoms with van der Waals surface area (Å²) in [6.07, 6.45) is 9.70. The van der Waals surface area contributed by atoms with E-state index in [-0.39, 0.29) is 0 Å². The fourth-order valence-electron chi connectivity index (χ4n) is 2.52. The van der Waals surface area contributed by atoms with Crippen molar-refractivity contribution >= 4 is 23.1 Å². The predicted octanol–water partition coefficient (Wildman–Crippen LogP) is 3.42. The van der Waals surface area contributed by atoms with Crippen molar-refractivity contribution in [2.24, 2.45) is 0 Å². The van der Waals surface area contributed by atoms with Crippen LogP contribution >= 0.6 is 12.2 Å². The molecule has 1 fully saturated rings. The van der Waals surface area contributed by atoms with Crippen LogP contribution in [0.4, 0.5) is 5.82 Å². The molecule has 116 valence electrons. The van der Waals surface area contributed by atoms with E-state index >= 15 is 0 Å². The van der Waals surface area contributed by atoms with Crippen molar-refractivity contribution in [2.45, 2.75) is 51.6 Å². The van der Waals surface area contributed by atoms with E-state index in [2.05, 4.69) is 15.6 Å². The van der Waals surface area contributed by atoms with Gasteiger partial charge in [-0.15, -0.1) is 0 Å². The maximum Gasteiger partial charge on any atom is 0.171 e. The summed E-state index contributed by atoms with van der Waals surface area (Å²) in [5, 5.41) is 6.90. The van der Waals surface area contributed by atoms with E-state index < -0.39 is 0 Å². The molecule has 1 aromatic rings. The Kier molecular flexibility index (Phi) is 6.89. The molecule has 21 heavy (non-hydrogen) atoms. The van der Waals surface area contributed by atoms with Gasteiger partial charge in [-0.25, -0.2) is 4.98 Å². The molecule has 1 aliphatic carbocycles. The van der Waals surface area contributed by atoms with Crippen molar-refractivity contribution in [3.8, 4) is 0 Å². The molecule has 1 heterocycles. The first-order valence-electron chi connectivity index (χ1n) is 7.83. The van der Waals surface area contributed by atoms with Crippen LogP contribution in [-0.4, -0.2) is 29.4 Å². The van der Waals surface area contributed by atoms with Gasteiger partial charge < -0.3 is 15.4 Å². The van der Waals surface area contributed by atoms with Gasteiger partial charge in [0.25, 0.3) is 0 Å². The number of hydrogen-bond donors (Lipinski definition) is 2. The Morgan fingerprint density at radius 2 is 2.19 bits per heavy atom. The van der Waals surface area contributed by atoms with Gasteiger partial charge in [-0.1, -0.05) is 19.3 Å². The average molecular weight is 307 g/mol. The summed E-state index contributed by atoms with van der Waals surface area (Å²) < 4.78 is 5.88. The lowest BCUT2D eigenvalue weighted by atomic mass is 9.98. The molecule has 0 atom stereocenters. The molecule has 0 bridgehead atoms. The fourth-order valence-corrected chi connectivity index (χ4v) is 2.73. The van der Waals surface area contributed by atoms with Crippen molar-refractivity contribution in [3.63, 3.8) is 0 Å². The second-order valence-electron chi connectivity index (χ2n) is 5.58. The van der Waals surface area contributed by atoms with Crippen LogP contribution in [0.3, 0.4) is 0 Å². The van der Waals surface area contributed by atoms with Gasteiger partial charge in [0.15, 0.2) is 5.11 Å². The summed E-state index contributed by atoms with van der Waals surface area (Å²) >= 11 is 5.25. The second-order valence-corrected chi connectivity index (χ2v) is 5.99. The van der Waals surface area contributed by atoms with Crippen LogP contribution in [0.2, 0.25) is 0 Å². The first kappa shape index (κ1) is 16.2. The van der Waals surface area contributed by atoms with Gasteiger partial charge in [0, 0.05) is 19.3 Å². The average Bonchev–Trinajstić information content (AvgIpc) is 2.48. The summed E-state index contributed by atoms with van der Waals surface area (Å²) in [6.45, 7) is 3.67. The molecule has 0 unspecified atom stereocenters. The molecule has 2 rings (SSSR count). The minimum atomic E-state index is 0.486. The molecule has 0 amide bonds. The smallest absolute Gasteiger partial charge is 0.171 e. The number of aromatic nitrogens is 1. The van der Waals surface area contributed by atoms with Crippen molar-refractivity contribution in [1.82, 2.24) is 10.3 Å². The lowest BCUT2D eigenvalue weighted by Gasteiger charge is -2.22. The Morgan fingerprint density at radius 1 is 1.38 bits per heavy atom. The third-order valence-corrected chi connectivity index (χ3v) is 3.92. The van der Waals surface area contributed by atoms with Gasteiger partial charge in [-0.2, -0.15) is 0 Å². The maximum absolute atomic E-state index is 5.88. The first-order chi connectivity index (χ1) is 10.2. The first-order valence-corrected chi connectivity index (χ1v) is 8.24. The molecule has 4 nitrogen and oxygen atoms in total. The Bertz CT molecular complexity index is 447. The molecule has 0 radical (unpaired) electrons. The standard InChI is InChI=1S/C16H25N3OS/c1-13-8-10-17-15(12-13)19-16(21)18-9-5-11-20-14-6-3-2-4-7-14/h8,10,12,14H,2-7,9,11H2,1H3,(H2,17,18,19,21). The van der Waals surface area contributed by atoms with Crippen LogP contribution in [0.15, 0.2) is 18.3 Å². The van der Waals surface area contributed by atoms with Crippen LogP contribution in [0, 0.1) is 6.92 Å². The Balaban J connectivity index is 1.54. The van der Waals surface area contributed by atoms with Gasteiger partial charge in [0.2, 0.25) is 0 Å². The molecule has 0 spiro atoms. The van der Waals surface area contributed by atoms with E-state index in [1.807, 2.05) is 19.1 Å². The van der Waals surface area contributed by atoms with E-state index in [4.69, 9.17) is 17.0 Å². The SMILES string of the molecule is Cc1ccnc(NC(=S)NCCCOC2CCCCC2)c1. The molecule has 2 N–H and O–H groups in total. The number of ether oxygens (including phenoxy) is 1. The highest BCUT2D eigenvalue weighted by atomic mass is 32.1. The molecule has 5 heteroatoms. The van der Waals surface area contributed by atoms with E-state index in [0.29, 0.717) is 11.2 Å². The zero-order valence-electron chi connectivity index (χ0n) is 12.7. The van der Waals surface area contributed by atoms with E-state index in [1.54, 1.807) is 6.20 Å². The van der Waals surface area contributed by atoms with Gasteiger partial charge in [0.1, 0.15) is 5.82 Å². The van der Waals surface area contributed by atoms with Crippen molar-refractivity contribution in [1.29, 1.82) is 0 Å².